The van der Waals surface area contributed by atoms with Gasteiger partial charge in [-0.15, -0.1) is 0 Å². The molecule has 2 heterocycles. The molecule has 0 amide bonds. The Labute approximate surface area is 191 Å². The van der Waals surface area contributed by atoms with Gasteiger partial charge < -0.3 is 24.8 Å². The number of ether oxygens (including phenoxy) is 3. The normalized spacial score (nSPS) is 17.4. The number of nitrogens with one attached hydrogen (secondary N) is 2. The first-order valence-electron chi connectivity index (χ1n) is 11.6. The van der Waals surface area contributed by atoms with E-state index in [2.05, 4.69) is 58.9 Å². The topological polar surface area (TPSA) is 64.1 Å². The molecule has 2 aromatic carbocycles. The van der Waals surface area contributed by atoms with Crippen molar-refractivity contribution >= 4 is 5.96 Å². The molecule has 0 radical (unpaired) electrons. The van der Waals surface area contributed by atoms with Crippen molar-refractivity contribution in [2.75, 3.05) is 47.1 Å². The van der Waals surface area contributed by atoms with Gasteiger partial charge in [0.2, 0.25) is 0 Å². The van der Waals surface area contributed by atoms with Crippen LogP contribution in [0.5, 0.6) is 11.5 Å². The molecule has 0 bridgehead atoms. The van der Waals surface area contributed by atoms with Crippen molar-refractivity contribution in [1.82, 2.24) is 10.6 Å². The summed E-state index contributed by atoms with van der Waals surface area (Å²) in [4.78, 5) is 4.46. The van der Waals surface area contributed by atoms with Crippen LogP contribution in [0.4, 0.5) is 0 Å². The van der Waals surface area contributed by atoms with E-state index in [1.54, 1.807) is 7.11 Å². The summed E-state index contributed by atoms with van der Waals surface area (Å²) in [6.07, 6.45) is 3.86. The molecule has 0 aromatic heterocycles. The molecule has 1 fully saturated rings. The average molecular weight is 438 g/mol. The van der Waals surface area contributed by atoms with Crippen molar-refractivity contribution in [3.63, 3.8) is 0 Å². The lowest BCUT2D eigenvalue weighted by molar-refractivity contribution is 0.0505. The number of hydrogen-bond donors (Lipinski definition) is 2. The van der Waals surface area contributed by atoms with Gasteiger partial charge in [-0.05, 0) is 49.4 Å². The molecule has 6 heteroatoms. The van der Waals surface area contributed by atoms with Crippen LogP contribution in [-0.2, 0) is 23.0 Å². The fourth-order valence-electron chi connectivity index (χ4n) is 4.73. The summed E-state index contributed by atoms with van der Waals surface area (Å²) in [6, 6.07) is 13.0. The van der Waals surface area contributed by atoms with Crippen LogP contribution in [-0.4, -0.2) is 53.0 Å². The highest BCUT2D eigenvalue weighted by molar-refractivity contribution is 5.79. The highest BCUT2D eigenvalue weighted by Gasteiger charge is 2.37. The molecule has 4 rings (SSSR count). The second-order valence-corrected chi connectivity index (χ2v) is 8.74. The molecule has 32 heavy (non-hydrogen) atoms. The maximum atomic E-state index is 5.73. The third-order valence-corrected chi connectivity index (χ3v) is 6.65. The van der Waals surface area contributed by atoms with Gasteiger partial charge in [0.25, 0.3) is 0 Å². The Bertz CT molecular complexity index is 951. The Hall–Kier alpha value is -2.73. The molecule has 0 atom stereocenters. The van der Waals surface area contributed by atoms with Gasteiger partial charge in [0.05, 0.1) is 13.7 Å². The minimum absolute atomic E-state index is 0.0484. The van der Waals surface area contributed by atoms with Crippen molar-refractivity contribution < 1.29 is 14.2 Å². The minimum atomic E-state index is -0.0484. The first kappa shape index (κ1) is 22.5. The van der Waals surface area contributed by atoms with E-state index in [1.165, 1.54) is 22.3 Å². The maximum Gasteiger partial charge on any atom is 0.191 e. The fourth-order valence-corrected chi connectivity index (χ4v) is 4.73. The van der Waals surface area contributed by atoms with Gasteiger partial charge in [-0.2, -0.15) is 0 Å². The van der Waals surface area contributed by atoms with Crippen LogP contribution in [0.3, 0.4) is 0 Å². The van der Waals surface area contributed by atoms with Crippen LogP contribution in [0.25, 0.3) is 0 Å². The Morgan fingerprint density at radius 3 is 2.72 bits per heavy atom. The highest BCUT2D eigenvalue weighted by Crippen LogP contribution is 2.40. The van der Waals surface area contributed by atoms with Crippen molar-refractivity contribution in [2.24, 2.45) is 4.99 Å². The first-order chi connectivity index (χ1) is 15.6. The first-order valence-corrected chi connectivity index (χ1v) is 11.6. The molecular weight excluding hydrogens is 402 g/mol. The van der Waals surface area contributed by atoms with Gasteiger partial charge in [0.1, 0.15) is 11.5 Å². The summed E-state index contributed by atoms with van der Waals surface area (Å²) in [6.45, 7) is 6.05. The highest BCUT2D eigenvalue weighted by atomic mass is 16.5. The zero-order chi connectivity index (χ0) is 22.4. The Balaban J connectivity index is 1.39. The third kappa shape index (κ3) is 5.01. The number of aliphatic imine (C=N–C) groups is 1. The van der Waals surface area contributed by atoms with Crippen molar-refractivity contribution in [1.29, 1.82) is 0 Å². The van der Waals surface area contributed by atoms with Crippen LogP contribution < -0.4 is 20.1 Å². The molecule has 2 N–H and O–H groups in total. The summed E-state index contributed by atoms with van der Waals surface area (Å²) in [7, 11) is 3.58. The van der Waals surface area contributed by atoms with Crippen LogP contribution in [0.2, 0.25) is 0 Å². The number of benzene rings is 2. The van der Waals surface area contributed by atoms with Gasteiger partial charge in [0, 0.05) is 50.8 Å². The second kappa shape index (κ2) is 10.3. The summed E-state index contributed by atoms with van der Waals surface area (Å²) in [5, 5.41) is 7.06. The van der Waals surface area contributed by atoms with Crippen LogP contribution in [0.1, 0.15) is 35.1 Å². The summed E-state index contributed by atoms with van der Waals surface area (Å²) in [5.74, 6) is 2.81. The zero-order valence-corrected chi connectivity index (χ0v) is 19.5. The molecule has 2 aromatic rings. The largest absolute Gasteiger partial charge is 0.496 e. The van der Waals surface area contributed by atoms with Gasteiger partial charge in [-0.25, -0.2) is 0 Å². The van der Waals surface area contributed by atoms with Crippen molar-refractivity contribution in [2.45, 2.75) is 38.0 Å². The number of rotatable bonds is 7. The van der Waals surface area contributed by atoms with Gasteiger partial charge in [0.15, 0.2) is 5.96 Å². The van der Waals surface area contributed by atoms with Gasteiger partial charge >= 0.3 is 0 Å². The van der Waals surface area contributed by atoms with E-state index in [9.17, 15) is 0 Å². The van der Waals surface area contributed by atoms with Crippen molar-refractivity contribution in [3.05, 3.63) is 58.7 Å². The lowest BCUT2D eigenvalue weighted by Crippen LogP contribution is -2.48. The van der Waals surface area contributed by atoms with E-state index >= 15 is 0 Å². The van der Waals surface area contributed by atoms with E-state index in [1.807, 2.05) is 7.05 Å². The quantitative estimate of drug-likeness (QED) is 0.514. The molecule has 6 nitrogen and oxygen atoms in total. The summed E-state index contributed by atoms with van der Waals surface area (Å²) in [5.41, 5.74) is 5.09. The monoisotopic (exact) mass is 437 g/mol. The molecule has 1 saturated heterocycles. The van der Waals surface area contributed by atoms with Crippen LogP contribution >= 0.6 is 0 Å². The number of nitrogens with zero attached hydrogens (tertiary/aromatic N) is 1. The Kier molecular flexibility index (Phi) is 7.20. The molecule has 2 aliphatic heterocycles. The van der Waals surface area contributed by atoms with Crippen LogP contribution in [0, 0.1) is 6.92 Å². The SMILES string of the molecule is CN=C(NCCc1ccc2c(c1)CCO2)NCC1(c2cc(C)ccc2OC)CCOCC1. The predicted octanol–water partition coefficient (Wildman–Crippen LogP) is 3.39. The number of hydrogen-bond acceptors (Lipinski definition) is 4. The molecular formula is C26H35N3O3. The second-order valence-electron chi connectivity index (χ2n) is 8.74. The minimum Gasteiger partial charge on any atom is -0.496 e. The number of aryl methyl sites for hydroxylation is 1. The van der Waals surface area contributed by atoms with E-state index in [4.69, 9.17) is 14.2 Å². The summed E-state index contributed by atoms with van der Waals surface area (Å²) < 4.78 is 17.0. The third-order valence-electron chi connectivity index (χ3n) is 6.65. The Morgan fingerprint density at radius 1 is 1.09 bits per heavy atom. The molecule has 172 valence electrons. The smallest absolute Gasteiger partial charge is 0.191 e. The molecule has 0 spiro atoms. The average Bonchev–Trinajstić information content (AvgIpc) is 3.30. The molecule has 0 aliphatic carbocycles. The zero-order valence-electron chi connectivity index (χ0n) is 19.5. The standard InChI is InChI=1S/C26H35N3O3/c1-19-4-6-24(30-3)22(16-19)26(10-14-31-15-11-26)18-29-25(27-2)28-12-8-20-5-7-23-21(17-20)9-13-32-23/h4-7,16-17H,8-15,18H2,1-3H3,(H2,27,28,29). The predicted molar refractivity (Wildman–Crippen MR) is 128 cm³/mol. The number of fused-ring (bicyclic) bond motifs is 1. The van der Waals surface area contributed by atoms with Crippen molar-refractivity contribution in [3.8, 4) is 11.5 Å². The molecule has 0 unspecified atom stereocenters. The van der Waals surface area contributed by atoms with E-state index in [0.29, 0.717) is 0 Å². The lowest BCUT2D eigenvalue weighted by atomic mass is 9.73. The molecule has 0 saturated carbocycles. The summed E-state index contributed by atoms with van der Waals surface area (Å²) >= 11 is 0. The number of methoxy groups -OCH3 is 1. The number of guanidine groups is 1. The molecule has 2 aliphatic rings. The fraction of sp³-hybridized carbons (Fsp3) is 0.500. The lowest BCUT2D eigenvalue weighted by Gasteiger charge is -2.39. The maximum absolute atomic E-state index is 5.73. The van der Waals surface area contributed by atoms with Crippen LogP contribution in [0.15, 0.2) is 41.4 Å². The Morgan fingerprint density at radius 2 is 1.94 bits per heavy atom. The van der Waals surface area contributed by atoms with E-state index in [-0.39, 0.29) is 5.41 Å². The van der Waals surface area contributed by atoms with Gasteiger partial charge in [-0.3, -0.25) is 4.99 Å². The van der Waals surface area contributed by atoms with Gasteiger partial charge in [-0.1, -0.05) is 29.8 Å². The van der Waals surface area contributed by atoms with E-state index < -0.39 is 0 Å². The van der Waals surface area contributed by atoms with E-state index in [0.717, 1.165) is 76.1 Å².